The van der Waals surface area contributed by atoms with Crippen LogP contribution in [0, 0.1) is 5.82 Å². The third kappa shape index (κ3) is 2.50. The molecule has 0 atom stereocenters. The summed E-state index contributed by atoms with van der Waals surface area (Å²) in [6, 6.07) is 11.2. The van der Waals surface area contributed by atoms with E-state index >= 15 is 0 Å². The third-order valence-electron chi connectivity index (χ3n) is 2.67. The first-order valence-electron chi connectivity index (χ1n) is 5.75. The minimum absolute atomic E-state index is 0.134. The number of nitrogens with one attached hydrogen (secondary N) is 1. The number of hydrogen-bond donors (Lipinski definition) is 1. The zero-order chi connectivity index (χ0) is 14.1. The molecule has 20 heavy (non-hydrogen) atoms. The quantitative estimate of drug-likeness (QED) is 0.765. The molecule has 3 nitrogen and oxygen atoms in total. The number of benzene rings is 2. The van der Waals surface area contributed by atoms with Gasteiger partial charge in [0.15, 0.2) is 5.01 Å². The van der Waals surface area contributed by atoms with Crippen LogP contribution in [0.15, 0.2) is 42.5 Å². The van der Waals surface area contributed by atoms with Crippen molar-refractivity contribution in [3.63, 3.8) is 0 Å². The highest BCUT2D eigenvalue weighted by atomic mass is 35.5. The maximum atomic E-state index is 13.5. The Bertz CT molecular complexity index is 803. The highest BCUT2D eigenvalue weighted by Crippen LogP contribution is 2.25. The number of nitrogens with zero attached hydrogens (tertiary/aromatic N) is 1. The molecule has 3 rings (SSSR count). The fourth-order valence-electron chi connectivity index (χ4n) is 1.74. The Morgan fingerprint density at radius 3 is 2.85 bits per heavy atom. The van der Waals surface area contributed by atoms with Crippen LogP contribution in [-0.4, -0.2) is 10.9 Å². The predicted molar refractivity (Wildman–Crippen MR) is 79.0 cm³/mol. The van der Waals surface area contributed by atoms with E-state index in [9.17, 15) is 9.18 Å². The molecule has 0 unspecified atom stereocenters. The summed E-state index contributed by atoms with van der Waals surface area (Å²) in [4.78, 5) is 16.3. The molecule has 1 N–H and O–H groups in total. The Labute approximate surface area is 123 Å². The second-order valence-electron chi connectivity index (χ2n) is 4.07. The van der Waals surface area contributed by atoms with Crippen LogP contribution >= 0.6 is 22.9 Å². The minimum Gasteiger partial charge on any atom is -0.317 e. The average molecular weight is 307 g/mol. The number of para-hydroxylation sites is 1. The van der Waals surface area contributed by atoms with Crippen molar-refractivity contribution in [2.75, 3.05) is 5.32 Å². The van der Waals surface area contributed by atoms with Crippen molar-refractivity contribution in [2.24, 2.45) is 0 Å². The fraction of sp³-hybridized carbons (Fsp3) is 0. The Balaban J connectivity index is 1.91. The van der Waals surface area contributed by atoms with Crippen molar-refractivity contribution >= 4 is 44.7 Å². The molecule has 0 bridgehead atoms. The molecular formula is C14H8ClFN2OS. The lowest BCUT2D eigenvalue weighted by molar-refractivity contribution is 0.102. The van der Waals surface area contributed by atoms with Crippen LogP contribution in [0.2, 0.25) is 5.02 Å². The van der Waals surface area contributed by atoms with Gasteiger partial charge in [0, 0.05) is 5.02 Å². The predicted octanol–water partition coefficient (Wildman–Crippen LogP) is 4.34. The van der Waals surface area contributed by atoms with Crippen molar-refractivity contribution in [1.82, 2.24) is 4.98 Å². The highest BCUT2D eigenvalue weighted by molar-refractivity contribution is 7.20. The Hall–Kier alpha value is -1.98. The second kappa shape index (κ2) is 5.19. The Morgan fingerprint density at radius 2 is 2.05 bits per heavy atom. The summed E-state index contributed by atoms with van der Waals surface area (Å²) in [5, 5.41) is 3.33. The van der Waals surface area contributed by atoms with Gasteiger partial charge in [0.1, 0.15) is 5.82 Å². The van der Waals surface area contributed by atoms with Crippen molar-refractivity contribution in [2.45, 2.75) is 0 Å². The molecular weight excluding hydrogens is 299 g/mol. The number of halogens is 2. The smallest absolute Gasteiger partial charge is 0.284 e. The van der Waals surface area contributed by atoms with Crippen LogP contribution in [0.1, 0.15) is 9.80 Å². The van der Waals surface area contributed by atoms with Gasteiger partial charge < -0.3 is 5.32 Å². The lowest BCUT2D eigenvalue weighted by Gasteiger charge is -2.03. The topological polar surface area (TPSA) is 42.0 Å². The maximum absolute atomic E-state index is 13.5. The van der Waals surface area contributed by atoms with Gasteiger partial charge in [-0.25, -0.2) is 9.37 Å². The second-order valence-corrected chi connectivity index (χ2v) is 5.53. The van der Waals surface area contributed by atoms with Gasteiger partial charge >= 0.3 is 0 Å². The molecule has 0 radical (unpaired) electrons. The van der Waals surface area contributed by atoms with Crippen molar-refractivity contribution < 1.29 is 9.18 Å². The SMILES string of the molecule is O=C(Nc1ccccc1F)c1nc2cc(Cl)ccc2s1. The number of fused-ring (bicyclic) bond motifs is 1. The number of thiazole rings is 1. The Kier molecular flexibility index (Phi) is 3.38. The number of rotatable bonds is 2. The molecule has 6 heteroatoms. The summed E-state index contributed by atoms with van der Waals surface area (Å²) in [5.74, 6) is -0.919. The number of aromatic nitrogens is 1. The zero-order valence-electron chi connectivity index (χ0n) is 10.1. The monoisotopic (exact) mass is 306 g/mol. The summed E-state index contributed by atoms with van der Waals surface area (Å²) in [5.41, 5.74) is 0.788. The van der Waals surface area contributed by atoms with Gasteiger partial charge in [-0.15, -0.1) is 11.3 Å². The fourth-order valence-corrected chi connectivity index (χ4v) is 2.74. The summed E-state index contributed by atoms with van der Waals surface area (Å²) < 4.78 is 14.3. The van der Waals surface area contributed by atoms with Crippen LogP contribution in [0.5, 0.6) is 0 Å². The summed E-state index contributed by atoms with van der Waals surface area (Å²) >= 11 is 7.11. The lowest BCUT2D eigenvalue weighted by atomic mass is 10.3. The van der Waals surface area contributed by atoms with Crippen LogP contribution in [-0.2, 0) is 0 Å². The third-order valence-corrected chi connectivity index (χ3v) is 3.94. The number of anilines is 1. The average Bonchev–Trinajstić information content (AvgIpc) is 2.84. The van der Waals surface area contributed by atoms with E-state index in [1.165, 1.54) is 23.5 Å². The normalized spacial score (nSPS) is 10.7. The lowest BCUT2D eigenvalue weighted by Crippen LogP contribution is -2.12. The first-order chi connectivity index (χ1) is 9.63. The van der Waals surface area contributed by atoms with Gasteiger partial charge in [-0.2, -0.15) is 0 Å². The summed E-state index contributed by atoms with van der Waals surface area (Å²) in [6.07, 6.45) is 0. The standard InChI is InChI=1S/C14H8ClFN2OS/c15-8-5-6-12-11(7-8)18-14(20-12)13(19)17-10-4-2-1-3-9(10)16/h1-7H,(H,17,19). The first kappa shape index (κ1) is 13.0. The number of carbonyl (C=O) groups is 1. The molecule has 100 valence electrons. The van der Waals surface area contributed by atoms with E-state index in [2.05, 4.69) is 10.3 Å². The van der Waals surface area contributed by atoms with E-state index < -0.39 is 11.7 Å². The number of amides is 1. The van der Waals surface area contributed by atoms with E-state index in [0.717, 1.165) is 4.70 Å². The van der Waals surface area contributed by atoms with Crippen molar-refractivity contribution in [1.29, 1.82) is 0 Å². The van der Waals surface area contributed by atoms with Crippen LogP contribution < -0.4 is 5.32 Å². The van der Waals surface area contributed by atoms with Crippen LogP contribution in [0.3, 0.4) is 0 Å². The van der Waals surface area contributed by atoms with E-state index in [4.69, 9.17) is 11.6 Å². The maximum Gasteiger partial charge on any atom is 0.284 e. The molecule has 0 fully saturated rings. The molecule has 0 aliphatic rings. The number of hydrogen-bond acceptors (Lipinski definition) is 3. The minimum atomic E-state index is -0.481. The summed E-state index contributed by atoms with van der Waals surface area (Å²) in [7, 11) is 0. The van der Waals surface area contributed by atoms with Crippen LogP contribution in [0.4, 0.5) is 10.1 Å². The van der Waals surface area contributed by atoms with E-state index in [0.29, 0.717) is 10.5 Å². The van der Waals surface area contributed by atoms with Gasteiger partial charge in [0.2, 0.25) is 0 Å². The molecule has 0 aliphatic carbocycles. The molecule has 3 aromatic rings. The van der Waals surface area contributed by atoms with E-state index in [1.54, 1.807) is 30.3 Å². The molecule has 2 aromatic carbocycles. The molecule has 1 heterocycles. The van der Waals surface area contributed by atoms with Gasteiger partial charge in [-0.1, -0.05) is 23.7 Å². The molecule has 0 spiro atoms. The van der Waals surface area contributed by atoms with Gasteiger partial charge in [0.05, 0.1) is 15.9 Å². The van der Waals surface area contributed by atoms with E-state index in [-0.39, 0.29) is 10.7 Å². The zero-order valence-corrected chi connectivity index (χ0v) is 11.6. The molecule has 1 aromatic heterocycles. The molecule has 0 saturated heterocycles. The Morgan fingerprint density at radius 1 is 1.25 bits per heavy atom. The molecule has 0 aliphatic heterocycles. The van der Waals surface area contributed by atoms with Crippen LogP contribution in [0.25, 0.3) is 10.2 Å². The van der Waals surface area contributed by atoms with Crippen molar-refractivity contribution in [3.05, 3.63) is 58.3 Å². The van der Waals surface area contributed by atoms with E-state index in [1.807, 2.05) is 0 Å². The highest BCUT2D eigenvalue weighted by Gasteiger charge is 2.14. The van der Waals surface area contributed by atoms with Gasteiger partial charge in [-0.3, -0.25) is 4.79 Å². The largest absolute Gasteiger partial charge is 0.317 e. The van der Waals surface area contributed by atoms with Gasteiger partial charge in [-0.05, 0) is 30.3 Å². The molecule has 0 saturated carbocycles. The van der Waals surface area contributed by atoms with Crippen molar-refractivity contribution in [3.8, 4) is 0 Å². The molecule has 1 amide bonds. The van der Waals surface area contributed by atoms with Gasteiger partial charge in [0.25, 0.3) is 5.91 Å². The summed E-state index contributed by atoms with van der Waals surface area (Å²) in [6.45, 7) is 0. The first-order valence-corrected chi connectivity index (χ1v) is 6.95. The number of carbonyl (C=O) groups excluding carboxylic acids is 1.